The van der Waals surface area contributed by atoms with Gasteiger partial charge in [0.25, 0.3) is 0 Å². The lowest BCUT2D eigenvalue weighted by molar-refractivity contribution is -0.160. The molecule has 32 heavy (non-hydrogen) atoms. The number of hydrogen-bond donors (Lipinski definition) is 2. The summed E-state index contributed by atoms with van der Waals surface area (Å²) >= 11 is 0. The molecule has 0 amide bonds. The van der Waals surface area contributed by atoms with Crippen LogP contribution in [0.25, 0.3) is 0 Å². The zero-order chi connectivity index (χ0) is 23.7. The van der Waals surface area contributed by atoms with Gasteiger partial charge in [-0.3, -0.25) is 0 Å². The van der Waals surface area contributed by atoms with Gasteiger partial charge < -0.3 is 10.2 Å². The lowest BCUT2D eigenvalue weighted by Gasteiger charge is -2.65. The zero-order valence-electron chi connectivity index (χ0n) is 22.4. The molecule has 2 nitrogen and oxygen atoms in total. The molecule has 4 aliphatic carbocycles. The molecular weight excluding hydrogens is 392 g/mol. The largest absolute Gasteiger partial charge is 0.393 e. The average molecular weight is 445 g/mol. The van der Waals surface area contributed by atoms with Crippen LogP contribution in [0.4, 0.5) is 0 Å². The third-order valence-corrected chi connectivity index (χ3v) is 11.9. The SMILES string of the molecule is CC(C)CCCC(C)C1CCC2(C)C3=CCC4C(C)(C)C(O)CCC4(C)C3C(O)CC12C. The first-order valence-corrected chi connectivity index (χ1v) is 13.9. The van der Waals surface area contributed by atoms with Gasteiger partial charge in [0.2, 0.25) is 0 Å². The normalized spacial score (nSPS) is 48.6. The van der Waals surface area contributed by atoms with E-state index in [2.05, 4.69) is 61.5 Å². The minimum Gasteiger partial charge on any atom is -0.393 e. The van der Waals surface area contributed by atoms with Crippen molar-refractivity contribution < 1.29 is 10.2 Å². The number of fused-ring (bicyclic) bond motifs is 5. The van der Waals surface area contributed by atoms with E-state index >= 15 is 0 Å². The number of aliphatic hydroxyl groups is 2. The lowest BCUT2D eigenvalue weighted by atomic mass is 9.40. The first-order valence-electron chi connectivity index (χ1n) is 13.9. The van der Waals surface area contributed by atoms with Gasteiger partial charge in [0.15, 0.2) is 0 Å². The Labute approximate surface area is 198 Å². The van der Waals surface area contributed by atoms with Gasteiger partial charge in [-0.2, -0.15) is 0 Å². The first-order chi connectivity index (χ1) is 14.8. The third kappa shape index (κ3) is 3.40. The van der Waals surface area contributed by atoms with Crippen molar-refractivity contribution in [2.24, 2.45) is 51.2 Å². The maximum absolute atomic E-state index is 11.8. The predicted molar refractivity (Wildman–Crippen MR) is 134 cm³/mol. The quantitative estimate of drug-likeness (QED) is 0.434. The van der Waals surface area contributed by atoms with Gasteiger partial charge in [-0.15, -0.1) is 0 Å². The Balaban J connectivity index is 1.65. The van der Waals surface area contributed by atoms with E-state index in [1.807, 2.05) is 0 Å². The molecule has 0 spiro atoms. The zero-order valence-corrected chi connectivity index (χ0v) is 22.4. The highest BCUT2D eigenvalue weighted by Gasteiger charge is 2.67. The second-order valence-electron chi connectivity index (χ2n) is 14.3. The van der Waals surface area contributed by atoms with Gasteiger partial charge in [-0.25, -0.2) is 0 Å². The Morgan fingerprint density at radius 3 is 2.31 bits per heavy atom. The Bertz CT molecular complexity index is 737. The molecule has 184 valence electrons. The van der Waals surface area contributed by atoms with Crippen molar-refractivity contribution in [2.75, 3.05) is 0 Å². The summed E-state index contributed by atoms with van der Waals surface area (Å²) in [5.41, 5.74) is 2.01. The molecule has 2 heteroatoms. The van der Waals surface area contributed by atoms with E-state index in [9.17, 15) is 10.2 Å². The van der Waals surface area contributed by atoms with Gasteiger partial charge in [-0.1, -0.05) is 86.3 Å². The van der Waals surface area contributed by atoms with E-state index in [4.69, 9.17) is 0 Å². The molecule has 0 heterocycles. The van der Waals surface area contributed by atoms with Crippen LogP contribution < -0.4 is 0 Å². The average Bonchev–Trinajstić information content (AvgIpc) is 2.96. The fourth-order valence-electron chi connectivity index (χ4n) is 9.79. The second kappa shape index (κ2) is 8.11. The standard InChI is InChI=1S/C30H52O2/c1-19(2)10-9-11-20(3)21-14-17-29(7)22-12-13-24-27(4,5)25(32)15-16-28(24,6)26(22)23(31)18-30(21,29)8/h12,19-21,23-26,31-32H,9-11,13-18H2,1-8H3. The van der Waals surface area contributed by atoms with Crippen molar-refractivity contribution in [1.82, 2.24) is 0 Å². The van der Waals surface area contributed by atoms with E-state index in [0.717, 1.165) is 37.5 Å². The molecular formula is C30H52O2. The van der Waals surface area contributed by atoms with E-state index in [1.54, 1.807) is 5.57 Å². The summed E-state index contributed by atoms with van der Waals surface area (Å²) < 4.78 is 0. The van der Waals surface area contributed by atoms with Crippen LogP contribution in [0.2, 0.25) is 0 Å². The fraction of sp³-hybridized carbons (Fsp3) is 0.933. The van der Waals surface area contributed by atoms with Crippen molar-refractivity contribution in [3.8, 4) is 0 Å². The van der Waals surface area contributed by atoms with Crippen LogP contribution in [-0.4, -0.2) is 22.4 Å². The first kappa shape index (κ1) is 24.8. The van der Waals surface area contributed by atoms with Gasteiger partial charge >= 0.3 is 0 Å². The molecule has 9 atom stereocenters. The van der Waals surface area contributed by atoms with Crippen LogP contribution in [-0.2, 0) is 0 Å². The molecule has 0 aliphatic heterocycles. The summed E-state index contributed by atoms with van der Waals surface area (Å²) in [5, 5.41) is 22.6. The Morgan fingerprint density at radius 1 is 0.969 bits per heavy atom. The molecule has 0 aromatic carbocycles. The molecule has 0 aromatic heterocycles. The van der Waals surface area contributed by atoms with Gasteiger partial charge in [0.05, 0.1) is 12.2 Å². The Kier molecular flexibility index (Phi) is 6.28. The molecule has 3 saturated carbocycles. The molecule has 0 bridgehead atoms. The summed E-state index contributed by atoms with van der Waals surface area (Å²) in [6.07, 6.45) is 12.6. The molecule has 9 unspecified atom stereocenters. The number of allylic oxidation sites excluding steroid dienone is 1. The van der Waals surface area contributed by atoms with Crippen LogP contribution in [0.3, 0.4) is 0 Å². The monoisotopic (exact) mass is 444 g/mol. The van der Waals surface area contributed by atoms with Crippen molar-refractivity contribution in [2.45, 2.75) is 125 Å². The van der Waals surface area contributed by atoms with Crippen LogP contribution in [0.5, 0.6) is 0 Å². The van der Waals surface area contributed by atoms with Crippen LogP contribution >= 0.6 is 0 Å². The summed E-state index contributed by atoms with van der Waals surface area (Å²) in [6, 6.07) is 0. The van der Waals surface area contributed by atoms with Crippen LogP contribution in [0, 0.1) is 51.2 Å². The molecule has 0 radical (unpaired) electrons. The molecule has 3 fully saturated rings. The minimum absolute atomic E-state index is 0.0838. The fourth-order valence-corrected chi connectivity index (χ4v) is 9.79. The lowest BCUT2D eigenvalue weighted by Crippen LogP contribution is -2.61. The van der Waals surface area contributed by atoms with Crippen LogP contribution in [0.1, 0.15) is 113 Å². The van der Waals surface area contributed by atoms with Gasteiger partial charge in [-0.05, 0) is 83.9 Å². The second-order valence-corrected chi connectivity index (χ2v) is 14.3. The predicted octanol–water partition coefficient (Wildman–Crippen LogP) is 7.39. The summed E-state index contributed by atoms with van der Waals surface area (Å²) in [6.45, 7) is 19.3. The number of rotatable bonds is 5. The minimum atomic E-state index is -0.248. The van der Waals surface area contributed by atoms with E-state index in [0.29, 0.717) is 11.8 Å². The molecule has 4 aliphatic rings. The third-order valence-electron chi connectivity index (χ3n) is 11.9. The number of hydrogen-bond acceptors (Lipinski definition) is 2. The highest BCUT2D eigenvalue weighted by molar-refractivity contribution is 5.34. The van der Waals surface area contributed by atoms with E-state index in [1.165, 1.54) is 32.1 Å². The van der Waals surface area contributed by atoms with Crippen molar-refractivity contribution >= 4 is 0 Å². The topological polar surface area (TPSA) is 40.5 Å². The van der Waals surface area contributed by atoms with Crippen molar-refractivity contribution in [1.29, 1.82) is 0 Å². The summed E-state index contributed by atoms with van der Waals surface area (Å²) in [7, 11) is 0. The summed E-state index contributed by atoms with van der Waals surface area (Å²) in [5.74, 6) is 2.96. The smallest absolute Gasteiger partial charge is 0.0616 e. The maximum atomic E-state index is 11.8. The van der Waals surface area contributed by atoms with Crippen LogP contribution in [0.15, 0.2) is 11.6 Å². The van der Waals surface area contributed by atoms with Crippen molar-refractivity contribution in [3.05, 3.63) is 11.6 Å². The molecule has 4 rings (SSSR count). The van der Waals surface area contributed by atoms with Gasteiger partial charge in [0.1, 0.15) is 0 Å². The van der Waals surface area contributed by atoms with Gasteiger partial charge in [0, 0.05) is 5.92 Å². The highest BCUT2D eigenvalue weighted by Crippen LogP contribution is 2.73. The van der Waals surface area contributed by atoms with E-state index < -0.39 is 0 Å². The van der Waals surface area contributed by atoms with E-state index in [-0.39, 0.29) is 39.8 Å². The number of aliphatic hydroxyl groups excluding tert-OH is 2. The highest BCUT2D eigenvalue weighted by atomic mass is 16.3. The molecule has 0 aromatic rings. The summed E-state index contributed by atoms with van der Waals surface area (Å²) in [4.78, 5) is 0. The maximum Gasteiger partial charge on any atom is 0.0616 e. The Hall–Kier alpha value is -0.340. The molecule has 2 N–H and O–H groups in total. The molecule has 0 saturated heterocycles. The Morgan fingerprint density at radius 2 is 1.66 bits per heavy atom. The van der Waals surface area contributed by atoms with Crippen molar-refractivity contribution in [3.63, 3.8) is 0 Å².